The zero-order valence-electron chi connectivity index (χ0n) is 33.9. The Hall–Kier alpha value is -6.17. The summed E-state index contributed by atoms with van der Waals surface area (Å²) in [7, 11) is -11.8. The van der Waals surface area contributed by atoms with E-state index in [-0.39, 0.29) is 5.69 Å². The Balaban J connectivity index is 0.000000179. The fraction of sp³-hybridized carbons (Fsp3) is 0.130. The molecule has 0 fully saturated rings. The van der Waals surface area contributed by atoms with Crippen LogP contribution in [0.25, 0.3) is 22.3 Å². The van der Waals surface area contributed by atoms with E-state index in [2.05, 4.69) is 96.2 Å². The fourth-order valence-electron chi connectivity index (χ4n) is 5.51. The van der Waals surface area contributed by atoms with Gasteiger partial charge in [0.15, 0.2) is 11.5 Å². The lowest BCUT2D eigenvalue weighted by Crippen LogP contribution is -2.30. The summed E-state index contributed by atoms with van der Waals surface area (Å²) < 4.78 is 77.8. The maximum Gasteiger partial charge on any atom is 0.393 e. The average molecular weight is 879 g/mol. The molecule has 6 aromatic rings. The van der Waals surface area contributed by atoms with Crippen LogP contribution in [0.4, 0.5) is 19.1 Å². The molecule has 1 aliphatic heterocycles. The second-order valence-corrected chi connectivity index (χ2v) is 26.2. The van der Waals surface area contributed by atoms with E-state index in [4.69, 9.17) is 30.1 Å². The highest BCUT2D eigenvalue weighted by Gasteiger charge is 2.25. The van der Waals surface area contributed by atoms with Gasteiger partial charge in [0, 0.05) is 33.4 Å². The first-order chi connectivity index (χ1) is 28.3. The summed E-state index contributed by atoms with van der Waals surface area (Å²) in [5.74, 6) is 7.67. The van der Waals surface area contributed by atoms with E-state index in [1.165, 1.54) is 24.3 Å². The van der Waals surface area contributed by atoms with Crippen LogP contribution in [0.5, 0.6) is 23.0 Å². The quantitative estimate of drug-likeness (QED) is 0.0900. The van der Waals surface area contributed by atoms with Gasteiger partial charge in [0.25, 0.3) is 0 Å². The van der Waals surface area contributed by atoms with Crippen molar-refractivity contribution in [2.45, 2.75) is 39.3 Å². The first-order valence-electron chi connectivity index (χ1n) is 18.5. The molecule has 0 aliphatic carbocycles. The number of benzene rings is 6. The van der Waals surface area contributed by atoms with Crippen molar-refractivity contribution in [2.75, 3.05) is 0 Å². The third kappa shape index (κ3) is 13.4. The van der Waals surface area contributed by atoms with Crippen molar-refractivity contribution >= 4 is 48.8 Å². The van der Waals surface area contributed by atoms with E-state index in [1.54, 1.807) is 36.4 Å². The van der Waals surface area contributed by atoms with Gasteiger partial charge in [-0.25, -0.2) is 0 Å². The molecule has 14 heteroatoms. The maximum atomic E-state index is 13.2. The first kappa shape index (κ1) is 44.9. The molecule has 0 saturated heterocycles. The second-order valence-electron chi connectivity index (χ2n) is 15.0. The molecule has 0 unspecified atom stereocenters. The molecule has 1 heterocycles. The van der Waals surface area contributed by atoms with Crippen molar-refractivity contribution in [2.24, 2.45) is 8.73 Å². The van der Waals surface area contributed by atoms with Gasteiger partial charge in [-0.3, -0.25) is 0 Å². The van der Waals surface area contributed by atoms with E-state index in [1.807, 2.05) is 48.5 Å². The van der Waals surface area contributed by atoms with E-state index in [0.29, 0.717) is 28.3 Å². The number of nitrogens with zero attached hydrogens (tertiary/aromatic N) is 2. The van der Waals surface area contributed by atoms with Crippen LogP contribution < -0.4 is 17.2 Å². The lowest BCUT2D eigenvalue weighted by molar-refractivity contribution is 0.454. The number of terminal acetylenes is 2. The molecule has 0 saturated carbocycles. The Morgan fingerprint density at radius 2 is 0.900 bits per heavy atom. The molecule has 0 bridgehead atoms. The van der Waals surface area contributed by atoms with Crippen LogP contribution in [0.3, 0.4) is 0 Å². The van der Waals surface area contributed by atoms with Crippen molar-refractivity contribution in [3.05, 3.63) is 157 Å². The standard InChI is InChI=1S/C20H13NO3S.C18H26O2Si2.C8H5F2NOS/c1-2-15-11-13-16(14-12-15)21-25(22)23-19-9-5-3-7-17(19)18-8-4-6-10-20(18)24-25;1-21(2,3)19-17-13-9-7-11-15(17)16-12-8-10-14-18(16)20-22(4,5)6;1-2-7-3-5-8(6-4-7)11-13(9,10)12/h1,3-14H;7-14H,1-6H3;1,3-6H. The Morgan fingerprint density at radius 3 is 1.27 bits per heavy atom. The van der Waals surface area contributed by atoms with Crippen molar-refractivity contribution < 1.29 is 33.4 Å². The van der Waals surface area contributed by atoms with Gasteiger partial charge in [-0.1, -0.05) is 92.4 Å². The summed E-state index contributed by atoms with van der Waals surface area (Å²) in [5.41, 5.74) is 5.52. The second kappa shape index (κ2) is 19.3. The summed E-state index contributed by atoms with van der Waals surface area (Å²) in [6.07, 6.45) is 10.4. The SMILES string of the molecule is C#Cc1ccc(N=S(=O)(F)F)cc1.C#Cc1ccc(N=S2(=O)Oc3ccccc3-c3ccccc3O2)cc1.C[Si](C)(C)Oc1ccccc1-c1ccccc1O[Si](C)(C)C. The Kier molecular flexibility index (Phi) is 14.4. The molecule has 0 atom stereocenters. The smallest absolute Gasteiger partial charge is 0.393 e. The third-order valence-electron chi connectivity index (χ3n) is 7.85. The highest BCUT2D eigenvalue weighted by molar-refractivity contribution is 7.85. The number of halogens is 2. The molecular formula is C46H44F2N2O6S2Si2. The molecule has 308 valence electrons. The number of rotatable bonds is 7. The molecule has 0 radical (unpaired) electrons. The zero-order chi connectivity index (χ0) is 43.6. The molecule has 0 spiro atoms. The highest BCUT2D eigenvalue weighted by atomic mass is 32.3. The molecule has 8 nitrogen and oxygen atoms in total. The molecule has 0 aromatic heterocycles. The van der Waals surface area contributed by atoms with Gasteiger partial charge < -0.3 is 17.2 Å². The minimum absolute atomic E-state index is 0.0472. The third-order valence-corrected chi connectivity index (χ3v) is 11.2. The Labute approximate surface area is 355 Å². The van der Waals surface area contributed by atoms with Crippen molar-refractivity contribution in [3.63, 3.8) is 0 Å². The molecule has 0 amide bonds. The number of hydrogen-bond donors (Lipinski definition) is 0. The minimum atomic E-state index is -5.07. The van der Waals surface area contributed by atoms with Crippen LogP contribution in [-0.2, 0) is 20.8 Å². The van der Waals surface area contributed by atoms with E-state index in [0.717, 1.165) is 33.8 Å². The summed E-state index contributed by atoms with van der Waals surface area (Å²) in [5, 5.41) is 0. The highest BCUT2D eigenvalue weighted by Crippen LogP contribution is 2.41. The number of para-hydroxylation sites is 4. The first-order valence-corrected chi connectivity index (χ1v) is 28.0. The summed E-state index contributed by atoms with van der Waals surface area (Å²) in [6, 6.07) is 43.5. The summed E-state index contributed by atoms with van der Waals surface area (Å²) >= 11 is 0. The lowest BCUT2D eigenvalue weighted by Gasteiger charge is -2.25. The van der Waals surface area contributed by atoms with Gasteiger partial charge in [-0.2, -0.15) is 8.42 Å². The van der Waals surface area contributed by atoms with Crippen LogP contribution in [0, 0.1) is 24.7 Å². The monoisotopic (exact) mass is 878 g/mol. The van der Waals surface area contributed by atoms with E-state index < -0.39 is 37.4 Å². The normalized spacial score (nSPS) is 12.5. The molecule has 7 rings (SSSR count). The largest absolute Gasteiger partial charge is 0.544 e. The molecule has 0 N–H and O–H groups in total. The minimum Gasteiger partial charge on any atom is -0.544 e. The van der Waals surface area contributed by atoms with Crippen molar-refractivity contribution in [1.29, 1.82) is 0 Å². The molecule has 6 aromatic carbocycles. The number of hydrogen-bond acceptors (Lipinski definition) is 8. The average Bonchev–Trinajstić information content (AvgIpc) is 3.31. The zero-order valence-corrected chi connectivity index (χ0v) is 37.6. The van der Waals surface area contributed by atoms with Gasteiger partial charge in [0.1, 0.15) is 11.5 Å². The molecular weight excluding hydrogens is 835 g/mol. The molecule has 60 heavy (non-hydrogen) atoms. The van der Waals surface area contributed by atoms with Crippen LogP contribution >= 0.6 is 0 Å². The predicted molar refractivity (Wildman–Crippen MR) is 244 cm³/mol. The van der Waals surface area contributed by atoms with Crippen LogP contribution in [-0.4, -0.2) is 25.1 Å². The van der Waals surface area contributed by atoms with Crippen LogP contribution in [0.1, 0.15) is 11.1 Å². The predicted octanol–water partition coefficient (Wildman–Crippen LogP) is 13.1. The van der Waals surface area contributed by atoms with Crippen molar-refractivity contribution in [1.82, 2.24) is 0 Å². The summed E-state index contributed by atoms with van der Waals surface area (Å²) in [6.45, 7) is 13.2. The Morgan fingerprint density at radius 1 is 0.550 bits per heavy atom. The Bertz CT molecular complexity index is 2670. The number of fused-ring (bicyclic) bond motifs is 3. The van der Waals surface area contributed by atoms with Gasteiger partial charge in [-0.15, -0.1) is 21.6 Å². The lowest BCUT2D eigenvalue weighted by atomic mass is 10.0. The van der Waals surface area contributed by atoms with Gasteiger partial charge in [0.2, 0.25) is 16.6 Å². The van der Waals surface area contributed by atoms with Gasteiger partial charge in [0.05, 0.1) is 11.4 Å². The van der Waals surface area contributed by atoms with E-state index in [9.17, 15) is 16.2 Å². The van der Waals surface area contributed by atoms with Crippen molar-refractivity contribution in [3.8, 4) is 69.9 Å². The topological polar surface area (TPSA) is 95.8 Å². The van der Waals surface area contributed by atoms with Gasteiger partial charge in [-0.05, 0) is 112 Å². The summed E-state index contributed by atoms with van der Waals surface area (Å²) in [4.78, 5) is 0. The van der Waals surface area contributed by atoms with Crippen LogP contribution in [0.15, 0.2) is 154 Å². The van der Waals surface area contributed by atoms with Gasteiger partial charge >= 0.3 is 20.8 Å². The maximum absolute atomic E-state index is 13.2. The fourth-order valence-corrected chi connectivity index (χ4v) is 8.79. The molecule has 1 aliphatic rings. The van der Waals surface area contributed by atoms with Crippen LogP contribution in [0.2, 0.25) is 39.3 Å². The van der Waals surface area contributed by atoms with E-state index >= 15 is 0 Å².